The Kier molecular flexibility index (Phi) is 12.9. The Morgan fingerprint density at radius 1 is 0.971 bits per heavy atom. The highest BCUT2D eigenvalue weighted by molar-refractivity contribution is 5.99. The van der Waals surface area contributed by atoms with Crippen molar-refractivity contribution in [2.24, 2.45) is 0 Å². The Hall–Kier alpha value is -2.18. The first-order valence-electron chi connectivity index (χ1n) is 13.1. The molecule has 1 aliphatic rings. The van der Waals surface area contributed by atoms with E-state index in [1.165, 1.54) is 64.2 Å². The lowest BCUT2D eigenvalue weighted by atomic mass is 9.90. The van der Waals surface area contributed by atoms with Crippen molar-refractivity contribution < 1.29 is 24.5 Å². The first kappa shape index (κ1) is 28.1. The van der Waals surface area contributed by atoms with Crippen LogP contribution in [-0.2, 0) is 9.53 Å². The number of rotatable bonds is 17. The van der Waals surface area contributed by atoms with Crippen LogP contribution in [0.4, 0.5) is 0 Å². The van der Waals surface area contributed by atoms with Gasteiger partial charge >= 0.3 is 5.97 Å². The van der Waals surface area contributed by atoms with Gasteiger partial charge < -0.3 is 20.3 Å². The average Bonchev–Trinajstić information content (AvgIpc) is 3.09. The quantitative estimate of drug-likeness (QED) is 0.167. The molecular formula is C28H43NO5. The van der Waals surface area contributed by atoms with Gasteiger partial charge in [0.25, 0.3) is 5.91 Å². The number of hydrogen-bond acceptors (Lipinski definition) is 5. The van der Waals surface area contributed by atoms with Crippen LogP contribution in [0.5, 0.6) is 0 Å². The highest BCUT2D eigenvalue weighted by Crippen LogP contribution is 2.29. The number of amides is 1. The summed E-state index contributed by atoms with van der Waals surface area (Å²) in [5.41, 5.74) is -1.51. The van der Waals surface area contributed by atoms with Gasteiger partial charge in [0.15, 0.2) is 5.54 Å². The lowest BCUT2D eigenvalue weighted by molar-refractivity contribution is -0.147. The van der Waals surface area contributed by atoms with Gasteiger partial charge in [-0.3, -0.25) is 4.79 Å². The van der Waals surface area contributed by atoms with Gasteiger partial charge in [-0.15, -0.1) is 0 Å². The third-order valence-electron chi connectivity index (χ3n) is 6.61. The van der Waals surface area contributed by atoms with Gasteiger partial charge in [0, 0.05) is 12.0 Å². The molecule has 0 saturated carbocycles. The predicted molar refractivity (Wildman–Crippen MR) is 134 cm³/mol. The average molecular weight is 474 g/mol. The van der Waals surface area contributed by atoms with Gasteiger partial charge in [-0.05, 0) is 25.0 Å². The molecule has 34 heavy (non-hydrogen) atoms. The van der Waals surface area contributed by atoms with Crippen LogP contribution in [0.3, 0.4) is 0 Å². The topological polar surface area (TPSA) is 95.9 Å². The lowest BCUT2D eigenvalue weighted by Gasteiger charge is -2.28. The Balaban J connectivity index is 1.65. The predicted octanol–water partition coefficient (Wildman–Crippen LogP) is 5.08. The molecule has 1 saturated heterocycles. The Morgan fingerprint density at radius 2 is 1.56 bits per heavy atom. The van der Waals surface area contributed by atoms with Gasteiger partial charge in [0.2, 0.25) is 0 Å². The summed E-state index contributed by atoms with van der Waals surface area (Å²) in [6.45, 7) is 1.52. The van der Waals surface area contributed by atoms with E-state index in [2.05, 4.69) is 18.3 Å². The number of unbranched alkanes of at least 4 members (excludes halogenated alkanes) is 11. The van der Waals surface area contributed by atoms with E-state index in [4.69, 9.17) is 4.74 Å². The largest absolute Gasteiger partial charge is 0.457 e. The molecule has 3 N–H and O–H groups in total. The molecule has 1 aromatic carbocycles. The number of aliphatic hydroxyl groups excluding tert-OH is 2. The van der Waals surface area contributed by atoms with Crippen LogP contribution in [0, 0.1) is 0 Å². The number of allylic oxidation sites excluding steroid dienone is 1. The minimum Gasteiger partial charge on any atom is -0.457 e. The summed E-state index contributed by atoms with van der Waals surface area (Å²) in [6, 6.07) is 8.38. The van der Waals surface area contributed by atoms with Gasteiger partial charge in [-0.2, -0.15) is 0 Å². The standard InChI is InChI=1S/C28H43NO5/c1-2-3-4-5-6-7-8-9-10-11-12-13-14-18-21-24-25(31)28(22-30,27(33)34-24)29-26(32)23-19-16-15-17-20-23/h14-20,24-25,30-31H,2-13,21-22H2,1H3,(H,29,32)/b18-14+/t24-,25+,28+/m1/s1. The molecule has 6 nitrogen and oxygen atoms in total. The highest BCUT2D eigenvalue weighted by atomic mass is 16.6. The second kappa shape index (κ2) is 15.7. The van der Waals surface area contributed by atoms with Crippen LogP contribution in [-0.4, -0.2) is 46.4 Å². The molecule has 2 rings (SSSR count). The SMILES string of the molecule is CCCCCCCCCCCCC/C=C/C[C@H]1OC(=O)[C@@](CO)(NC(=O)c2ccccc2)[C@H]1O. The molecule has 1 aliphatic heterocycles. The first-order valence-corrected chi connectivity index (χ1v) is 13.1. The minimum atomic E-state index is -1.85. The molecule has 1 fully saturated rings. The first-order chi connectivity index (χ1) is 16.5. The number of aliphatic hydroxyl groups is 2. The fourth-order valence-corrected chi connectivity index (χ4v) is 4.38. The van der Waals surface area contributed by atoms with E-state index in [0.717, 1.165) is 12.8 Å². The van der Waals surface area contributed by atoms with E-state index in [1.54, 1.807) is 30.3 Å². The molecule has 0 aliphatic carbocycles. The zero-order chi connectivity index (χ0) is 24.7. The summed E-state index contributed by atoms with van der Waals surface area (Å²) >= 11 is 0. The summed E-state index contributed by atoms with van der Waals surface area (Å²) in [5, 5.41) is 23.1. The van der Waals surface area contributed by atoms with Crippen molar-refractivity contribution >= 4 is 11.9 Å². The van der Waals surface area contributed by atoms with Crippen LogP contribution >= 0.6 is 0 Å². The normalized spacial score (nSPS) is 22.3. The third kappa shape index (κ3) is 8.55. The maximum Gasteiger partial charge on any atom is 0.337 e. The number of nitrogens with one attached hydrogen (secondary N) is 1. The molecule has 6 heteroatoms. The van der Waals surface area contributed by atoms with Crippen LogP contribution in [0.2, 0.25) is 0 Å². The summed E-state index contributed by atoms with van der Waals surface area (Å²) < 4.78 is 5.32. The van der Waals surface area contributed by atoms with E-state index >= 15 is 0 Å². The molecule has 0 spiro atoms. The highest BCUT2D eigenvalue weighted by Gasteiger charge is 2.57. The van der Waals surface area contributed by atoms with E-state index in [0.29, 0.717) is 12.0 Å². The van der Waals surface area contributed by atoms with Crippen LogP contribution in [0.25, 0.3) is 0 Å². The number of hydrogen-bond donors (Lipinski definition) is 3. The molecule has 0 aromatic heterocycles. The Bertz CT molecular complexity index is 750. The molecule has 0 unspecified atom stereocenters. The lowest BCUT2D eigenvalue weighted by Crippen LogP contribution is -2.62. The second-order valence-electron chi connectivity index (χ2n) is 9.37. The van der Waals surface area contributed by atoms with E-state index < -0.39 is 36.2 Å². The number of benzene rings is 1. The van der Waals surface area contributed by atoms with E-state index in [9.17, 15) is 19.8 Å². The van der Waals surface area contributed by atoms with Crippen molar-refractivity contribution in [1.29, 1.82) is 0 Å². The van der Waals surface area contributed by atoms with E-state index in [-0.39, 0.29) is 0 Å². The summed E-state index contributed by atoms with van der Waals surface area (Å²) in [7, 11) is 0. The van der Waals surface area contributed by atoms with Crippen LogP contribution in [0.15, 0.2) is 42.5 Å². The molecule has 1 heterocycles. The Morgan fingerprint density at radius 3 is 2.15 bits per heavy atom. The van der Waals surface area contributed by atoms with Crippen molar-refractivity contribution in [2.45, 2.75) is 108 Å². The smallest absolute Gasteiger partial charge is 0.337 e. The van der Waals surface area contributed by atoms with Crippen LogP contribution in [0.1, 0.15) is 101 Å². The van der Waals surface area contributed by atoms with Crippen molar-refractivity contribution in [1.82, 2.24) is 5.32 Å². The number of esters is 1. The van der Waals surface area contributed by atoms with Gasteiger partial charge in [0.1, 0.15) is 12.2 Å². The van der Waals surface area contributed by atoms with Crippen LogP contribution < -0.4 is 5.32 Å². The third-order valence-corrected chi connectivity index (χ3v) is 6.61. The van der Waals surface area contributed by atoms with Gasteiger partial charge in [-0.1, -0.05) is 101 Å². The molecule has 0 bridgehead atoms. The number of carbonyl (C=O) groups excluding carboxylic acids is 2. The maximum atomic E-state index is 12.5. The maximum absolute atomic E-state index is 12.5. The van der Waals surface area contributed by atoms with E-state index in [1.807, 2.05) is 6.08 Å². The summed E-state index contributed by atoms with van der Waals surface area (Å²) in [6.07, 6.45) is 17.5. The molecule has 1 amide bonds. The number of carbonyl (C=O) groups is 2. The fourth-order valence-electron chi connectivity index (χ4n) is 4.38. The zero-order valence-electron chi connectivity index (χ0n) is 20.7. The number of cyclic esters (lactones) is 1. The minimum absolute atomic E-state index is 0.339. The molecule has 3 atom stereocenters. The van der Waals surface area contributed by atoms with Crippen molar-refractivity contribution in [3.8, 4) is 0 Å². The molecule has 1 aromatic rings. The van der Waals surface area contributed by atoms with Gasteiger partial charge in [-0.25, -0.2) is 4.79 Å². The second-order valence-corrected chi connectivity index (χ2v) is 9.37. The van der Waals surface area contributed by atoms with Crippen molar-refractivity contribution in [3.63, 3.8) is 0 Å². The summed E-state index contributed by atoms with van der Waals surface area (Å²) in [5.74, 6) is -1.35. The molecular weight excluding hydrogens is 430 g/mol. The van der Waals surface area contributed by atoms with Crippen molar-refractivity contribution in [2.75, 3.05) is 6.61 Å². The fraction of sp³-hybridized carbons (Fsp3) is 0.643. The summed E-state index contributed by atoms with van der Waals surface area (Å²) in [4.78, 5) is 25.0. The molecule has 0 radical (unpaired) electrons. The zero-order valence-corrected chi connectivity index (χ0v) is 20.7. The van der Waals surface area contributed by atoms with Gasteiger partial charge in [0.05, 0.1) is 6.61 Å². The number of ether oxygens (including phenoxy) is 1. The van der Waals surface area contributed by atoms with Crippen molar-refractivity contribution in [3.05, 3.63) is 48.0 Å². The monoisotopic (exact) mass is 473 g/mol. The molecule has 190 valence electrons. The Labute approximate surface area is 204 Å².